The lowest BCUT2D eigenvalue weighted by molar-refractivity contribution is 0.145. The number of hydrogen-bond acceptors (Lipinski definition) is 5. The van der Waals surface area contributed by atoms with Crippen LogP contribution >= 0.6 is 0 Å². The predicted octanol–water partition coefficient (Wildman–Crippen LogP) is 2.43. The number of benzene rings is 1. The van der Waals surface area contributed by atoms with Crippen molar-refractivity contribution < 1.29 is 9.84 Å². The average molecular weight is 311 g/mol. The van der Waals surface area contributed by atoms with Crippen LogP contribution in [0.3, 0.4) is 0 Å². The number of hydrogen-bond donors (Lipinski definition) is 1. The number of aryl methyl sites for hydroxylation is 1. The molecule has 5 heteroatoms. The van der Waals surface area contributed by atoms with Crippen LogP contribution < -0.4 is 9.64 Å². The van der Waals surface area contributed by atoms with Crippen molar-refractivity contribution in [1.29, 1.82) is 0 Å². The fraction of sp³-hybridized carbons (Fsp3) is 0.444. The predicted molar refractivity (Wildman–Crippen MR) is 88.7 cm³/mol. The first-order valence-electron chi connectivity index (χ1n) is 8.31. The summed E-state index contributed by atoms with van der Waals surface area (Å²) in [5, 5.41) is 9.59. The SMILES string of the molecule is OC1CCN(c2ncc(-c3ccc4c(c3)CCCO4)cn2)CC1. The van der Waals surface area contributed by atoms with Crippen LogP contribution in [0.1, 0.15) is 24.8 Å². The van der Waals surface area contributed by atoms with Gasteiger partial charge in [-0.15, -0.1) is 0 Å². The van der Waals surface area contributed by atoms with Gasteiger partial charge in [-0.2, -0.15) is 0 Å². The molecule has 0 amide bonds. The van der Waals surface area contributed by atoms with Gasteiger partial charge in [-0.1, -0.05) is 6.07 Å². The molecule has 3 heterocycles. The fourth-order valence-electron chi connectivity index (χ4n) is 3.24. The molecule has 0 radical (unpaired) electrons. The molecule has 0 atom stereocenters. The van der Waals surface area contributed by atoms with Crippen molar-refractivity contribution >= 4 is 5.95 Å². The minimum absolute atomic E-state index is 0.178. The quantitative estimate of drug-likeness (QED) is 0.923. The van der Waals surface area contributed by atoms with E-state index in [4.69, 9.17) is 4.74 Å². The number of rotatable bonds is 2. The topological polar surface area (TPSA) is 58.5 Å². The van der Waals surface area contributed by atoms with Gasteiger partial charge in [0.15, 0.2) is 0 Å². The number of fused-ring (bicyclic) bond motifs is 1. The Balaban J connectivity index is 1.54. The summed E-state index contributed by atoms with van der Waals surface area (Å²) >= 11 is 0. The summed E-state index contributed by atoms with van der Waals surface area (Å²) in [7, 11) is 0. The van der Waals surface area contributed by atoms with Gasteiger partial charge in [0.05, 0.1) is 12.7 Å². The largest absolute Gasteiger partial charge is 0.493 e. The van der Waals surface area contributed by atoms with Gasteiger partial charge in [-0.05, 0) is 48.9 Å². The second-order valence-electron chi connectivity index (χ2n) is 6.26. The number of piperidine rings is 1. The van der Waals surface area contributed by atoms with Crippen molar-refractivity contribution in [2.75, 3.05) is 24.6 Å². The Bertz CT molecular complexity index is 679. The van der Waals surface area contributed by atoms with Gasteiger partial charge in [-0.3, -0.25) is 0 Å². The zero-order valence-electron chi connectivity index (χ0n) is 13.1. The van der Waals surface area contributed by atoms with E-state index >= 15 is 0 Å². The highest BCUT2D eigenvalue weighted by Gasteiger charge is 2.19. The Morgan fingerprint density at radius 2 is 1.87 bits per heavy atom. The molecule has 1 saturated heterocycles. The summed E-state index contributed by atoms with van der Waals surface area (Å²) in [6, 6.07) is 6.30. The molecule has 0 spiro atoms. The number of aliphatic hydroxyl groups excluding tert-OH is 1. The van der Waals surface area contributed by atoms with E-state index < -0.39 is 0 Å². The van der Waals surface area contributed by atoms with Gasteiger partial charge in [0.25, 0.3) is 0 Å². The number of nitrogens with zero attached hydrogens (tertiary/aromatic N) is 3. The molecule has 2 aliphatic rings. The van der Waals surface area contributed by atoms with E-state index in [2.05, 4.69) is 27.0 Å². The van der Waals surface area contributed by atoms with Gasteiger partial charge >= 0.3 is 0 Å². The van der Waals surface area contributed by atoms with Crippen LogP contribution in [0, 0.1) is 0 Å². The molecule has 23 heavy (non-hydrogen) atoms. The van der Waals surface area contributed by atoms with Crippen LogP contribution in [0.4, 0.5) is 5.95 Å². The van der Waals surface area contributed by atoms with E-state index in [0.717, 1.165) is 68.2 Å². The van der Waals surface area contributed by atoms with Gasteiger partial charge in [0.2, 0.25) is 5.95 Å². The standard InChI is InChI=1S/C18H21N3O2/c22-16-5-7-21(8-6-16)18-19-11-15(12-20-18)13-3-4-17-14(10-13)2-1-9-23-17/h3-4,10-12,16,22H,1-2,5-9H2. The van der Waals surface area contributed by atoms with E-state index in [1.54, 1.807) is 0 Å². The molecule has 2 aliphatic heterocycles. The molecule has 0 saturated carbocycles. The molecule has 4 rings (SSSR count). The molecule has 0 aliphatic carbocycles. The van der Waals surface area contributed by atoms with Crippen molar-refractivity contribution in [2.24, 2.45) is 0 Å². The normalized spacial score (nSPS) is 18.4. The van der Waals surface area contributed by atoms with E-state index in [9.17, 15) is 5.11 Å². The molecule has 0 unspecified atom stereocenters. The van der Waals surface area contributed by atoms with Crippen molar-refractivity contribution in [1.82, 2.24) is 9.97 Å². The maximum Gasteiger partial charge on any atom is 0.225 e. The Kier molecular flexibility index (Phi) is 3.87. The van der Waals surface area contributed by atoms with Crippen LogP contribution in [0.15, 0.2) is 30.6 Å². The first kappa shape index (κ1) is 14.5. The van der Waals surface area contributed by atoms with Crippen molar-refractivity contribution in [2.45, 2.75) is 31.8 Å². The Labute approximate surface area is 136 Å². The summed E-state index contributed by atoms with van der Waals surface area (Å²) in [6.45, 7) is 2.45. The molecule has 1 fully saturated rings. The summed E-state index contributed by atoms with van der Waals surface area (Å²) in [5.74, 6) is 1.76. The highest BCUT2D eigenvalue weighted by atomic mass is 16.5. The number of ether oxygens (including phenoxy) is 1. The second kappa shape index (κ2) is 6.16. The first-order valence-corrected chi connectivity index (χ1v) is 8.31. The van der Waals surface area contributed by atoms with Crippen molar-refractivity contribution in [3.63, 3.8) is 0 Å². The summed E-state index contributed by atoms with van der Waals surface area (Å²) in [4.78, 5) is 11.2. The lowest BCUT2D eigenvalue weighted by Crippen LogP contribution is -2.36. The molecule has 1 aromatic heterocycles. The van der Waals surface area contributed by atoms with Gasteiger partial charge in [-0.25, -0.2) is 9.97 Å². The highest BCUT2D eigenvalue weighted by Crippen LogP contribution is 2.30. The third-order valence-electron chi connectivity index (χ3n) is 4.63. The fourth-order valence-corrected chi connectivity index (χ4v) is 3.24. The Morgan fingerprint density at radius 3 is 2.65 bits per heavy atom. The van der Waals surface area contributed by atoms with Crippen LogP contribution in [-0.4, -0.2) is 40.9 Å². The average Bonchev–Trinajstić information content (AvgIpc) is 2.62. The first-order chi connectivity index (χ1) is 11.3. The van der Waals surface area contributed by atoms with Crippen molar-refractivity contribution in [3.05, 3.63) is 36.2 Å². The van der Waals surface area contributed by atoms with E-state index in [-0.39, 0.29) is 6.10 Å². The smallest absolute Gasteiger partial charge is 0.225 e. The monoisotopic (exact) mass is 311 g/mol. The minimum atomic E-state index is -0.178. The second-order valence-corrected chi connectivity index (χ2v) is 6.26. The highest BCUT2D eigenvalue weighted by molar-refractivity contribution is 5.65. The van der Waals surface area contributed by atoms with Crippen LogP contribution in [0.2, 0.25) is 0 Å². The van der Waals surface area contributed by atoms with Crippen molar-refractivity contribution in [3.8, 4) is 16.9 Å². The summed E-state index contributed by atoms with van der Waals surface area (Å²) in [5.41, 5.74) is 3.43. The maximum atomic E-state index is 9.59. The molecule has 1 N–H and O–H groups in total. The van der Waals surface area contributed by atoms with Gasteiger partial charge in [0, 0.05) is 31.0 Å². The molecule has 0 bridgehead atoms. The van der Waals surface area contributed by atoms with E-state index in [1.165, 1.54) is 5.56 Å². The van der Waals surface area contributed by atoms with E-state index in [1.807, 2.05) is 18.5 Å². The molecule has 2 aromatic rings. The van der Waals surface area contributed by atoms with Crippen LogP contribution in [0.25, 0.3) is 11.1 Å². The zero-order chi connectivity index (χ0) is 15.6. The Hall–Kier alpha value is -2.14. The van der Waals surface area contributed by atoms with Gasteiger partial charge < -0.3 is 14.7 Å². The van der Waals surface area contributed by atoms with Crippen LogP contribution in [0.5, 0.6) is 5.75 Å². The molecular weight excluding hydrogens is 290 g/mol. The van der Waals surface area contributed by atoms with Crippen LogP contribution in [-0.2, 0) is 6.42 Å². The third kappa shape index (κ3) is 3.01. The Morgan fingerprint density at radius 1 is 1.09 bits per heavy atom. The lowest BCUT2D eigenvalue weighted by atomic mass is 10.0. The van der Waals surface area contributed by atoms with Gasteiger partial charge in [0.1, 0.15) is 5.75 Å². The zero-order valence-corrected chi connectivity index (χ0v) is 13.1. The molecule has 1 aromatic carbocycles. The number of anilines is 1. The molecular formula is C18H21N3O2. The molecule has 5 nitrogen and oxygen atoms in total. The minimum Gasteiger partial charge on any atom is -0.493 e. The number of aliphatic hydroxyl groups is 1. The van der Waals surface area contributed by atoms with E-state index in [0.29, 0.717) is 0 Å². The molecule has 120 valence electrons. The third-order valence-corrected chi connectivity index (χ3v) is 4.63. The number of aromatic nitrogens is 2. The summed E-state index contributed by atoms with van der Waals surface area (Å²) < 4.78 is 5.66. The lowest BCUT2D eigenvalue weighted by Gasteiger charge is -2.29. The summed E-state index contributed by atoms with van der Waals surface area (Å²) in [6.07, 6.45) is 7.32. The maximum absolute atomic E-state index is 9.59.